The fourth-order valence-corrected chi connectivity index (χ4v) is 2.91. The number of hydrogen-bond acceptors (Lipinski definition) is 6. The number of esters is 1. The van der Waals surface area contributed by atoms with Crippen molar-refractivity contribution in [3.05, 3.63) is 70.3 Å². The van der Waals surface area contributed by atoms with Gasteiger partial charge in [0, 0.05) is 36.3 Å². The van der Waals surface area contributed by atoms with Crippen LogP contribution in [0.25, 0.3) is 0 Å². The lowest BCUT2D eigenvalue weighted by molar-refractivity contribution is -0.131. The molecule has 0 bridgehead atoms. The summed E-state index contributed by atoms with van der Waals surface area (Å²) in [5.74, 6) is -2.69. The van der Waals surface area contributed by atoms with Gasteiger partial charge in [0.15, 0.2) is 18.2 Å². The first-order chi connectivity index (χ1) is 13.8. The number of hydrogen-bond donors (Lipinski definition) is 1. The Labute approximate surface area is 166 Å². The second-order valence-corrected chi connectivity index (χ2v) is 6.57. The molecule has 2 aromatic carbocycles. The number of amides is 2. The van der Waals surface area contributed by atoms with Crippen LogP contribution in [-0.2, 0) is 14.3 Å². The monoisotopic (exact) mass is 394 g/mol. The van der Waals surface area contributed by atoms with Gasteiger partial charge in [0.1, 0.15) is 0 Å². The van der Waals surface area contributed by atoms with Crippen molar-refractivity contribution in [3.63, 3.8) is 0 Å². The van der Waals surface area contributed by atoms with Crippen molar-refractivity contribution >= 4 is 29.4 Å². The standard InChI is InChI=1S/C21H18N2O6/c1-23(2)17(25)10-22-16(24)11-29-21(28)15-9-5-8-14-18(15)20(27)13-7-4-3-6-12(13)19(14)26/h3-9H,10-11H2,1-2H3,(H,22,24). The summed E-state index contributed by atoms with van der Waals surface area (Å²) in [6, 6.07) is 10.7. The maximum absolute atomic E-state index is 12.9. The van der Waals surface area contributed by atoms with E-state index in [0.717, 1.165) is 0 Å². The smallest absolute Gasteiger partial charge is 0.339 e. The highest BCUT2D eigenvalue weighted by molar-refractivity contribution is 6.30. The second kappa shape index (κ2) is 8.05. The van der Waals surface area contributed by atoms with E-state index in [9.17, 15) is 24.0 Å². The average molecular weight is 394 g/mol. The number of likely N-dealkylation sites (N-methyl/N-ethyl adjacent to an activating group) is 1. The number of nitrogens with one attached hydrogen (secondary N) is 1. The number of nitrogens with zero attached hydrogens (tertiary/aromatic N) is 1. The third kappa shape index (κ3) is 3.91. The third-order valence-electron chi connectivity index (χ3n) is 4.44. The predicted octanol–water partition coefficient (Wildman–Crippen LogP) is 0.823. The Hall–Kier alpha value is -3.81. The molecule has 0 spiro atoms. The molecule has 0 atom stereocenters. The molecule has 1 N–H and O–H groups in total. The molecule has 0 unspecified atom stereocenters. The number of benzene rings is 2. The van der Waals surface area contributed by atoms with E-state index >= 15 is 0 Å². The van der Waals surface area contributed by atoms with Crippen molar-refractivity contribution < 1.29 is 28.7 Å². The largest absolute Gasteiger partial charge is 0.452 e. The maximum atomic E-state index is 12.9. The average Bonchev–Trinajstić information content (AvgIpc) is 2.73. The highest BCUT2D eigenvalue weighted by Gasteiger charge is 2.33. The molecule has 8 heteroatoms. The first-order valence-corrected chi connectivity index (χ1v) is 8.76. The molecule has 0 aliphatic heterocycles. The Kier molecular flexibility index (Phi) is 5.54. The van der Waals surface area contributed by atoms with E-state index in [4.69, 9.17) is 4.74 Å². The molecule has 0 saturated heterocycles. The van der Waals surface area contributed by atoms with Gasteiger partial charge in [-0.2, -0.15) is 0 Å². The summed E-state index contributed by atoms with van der Waals surface area (Å²) in [6.45, 7) is -0.851. The topological polar surface area (TPSA) is 110 Å². The summed E-state index contributed by atoms with van der Waals surface area (Å²) in [6.07, 6.45) is 0. The first kappa shape index (κ1) is 19.9. The molecule has 0 heterocycles. The van der Waals surface area contributed by atoms with Crippen molar-refractivity contribution in [3.8, 4) is 0 Å². The quantitative estimate of drug-likeness (QED) is 0.642. The van der Waals surface area contributed by atoms with Gasteiger partial charge in [0.05, 0.1) is 12.1 Å². The van der Waals surface area contributed by atoms with Crippen molar-refractivity contribution in [1.29, 1.82) is 0 Å². The van der Waals surface area contributed by atoms with E-state index in [2.05, 4.69) is 5.32 Å². The first-order valence-electron chi connectivity index (χ1n) is 8.76. The summed E-state index contributed by atoms with van der Waals surface area (Å²) in [4.78, 5) is 62.6. The molecule has 148 valence electrons. The van der Waals surface area contributed by atoms with E-state index in [1.54, 1.807) is 32.3 Å². The van der Waals surface area contributed by atoms with E-state index in [1.807, 2.05) is 0 Å². The lowest BCUT2D eigenvalue weighted by atomic mass is 9.82. The zero-order chi connectivity index (χ0) is 21.1. The van der Waals surface area contributed by atoms with Crippen LogP contribution in [0, 0.1) is 0 Å². The lowest BCUT2D eigenvalue weighted by Gasteiger charge is -2.19. The van der Waals surface area contributed by atoms with Crippen LogP contribution < -0.4 is 5.32 Å². The van der Waals surface area contributed by atoms with Gasteiger partial charge >= 0.3 is 5.97 Å². The minimum Gasteiger partial charge on any atom is -0.452 e. The van der Waals surface area contributed by atoms with E-state index in [0.29, 0.717) is 0 Å². The highest BCUT2D eigenvalue weighted by Crippen LogP contribution is 2.29. The summed E-state index contributed by atoms with van der Waals surface area (Å²) >= 11 is 0. The molecule has 1 aliphatic carbocycles. The van der Waals surface area contributed by atoms with Gasteiger partial charge in [-0.15, -0.1) is 0 Å². The number of carbonyl (C=O) groups is 5. The van der Waals surface area contributed by atoms with Gasteiger partial charge in [-0.05, 0) is 6.07 Å². The normalized spacial score (nSPS) is 11.9. The van der Waals surface area contributed by atoms with Crippen LogP contribution in [0.4, 0.5) is 0 Å². The van der Waals surface area contributed by atoms with Gasteiger partial charge in [0.25, 0.3) is 5.91 Å². The summed E-state index contributed by atoms with van der Waals surface area (Å²) in [7, 11) is 3.09. The SMILES string of the molecule is CN(C)C(=O)CNC(=O)COC(=O)c1cccc2c1C(=O)c1ccccc1C2=O. The summed E-state index contributed by atoms with van der Waals surface area (Å²) in [5, 5.41) is 2.33. The zero-order valence-electron chi connectivity index (χ0n) is 15.9. The molecule has 0 aromatic heterocycles. The Morgan fingerprint density at radius 3 is 2.17 bits per heavy atom. The Morgan fingerprint density at radius 2 is 1.52 bits per heavy atom. The fourth-order valence-electron chi connectivity index (χ4n) is 2.91. The molecule has 0 radical (unpaired) electrons. The molecule has 2 aromatic rings. The van der Waals surface area contributed by atoms with Crippen LogP contribution in [0.2, 0.25) is 0 Å². The third-order valence-corrected chi connectivity index (χ3v) is 4.44. The molecule has 0 fully saturated rings. The molecule has 29 heavy (non-hydrogen) atoms. The minimum atomic E-state index is -0.906. The van der Waals surface area contributed by atoms with Crippen molar-refractivity contribution in [2.45, 2.75) is 0 Å². The lowest BCUT2D eigenvalue weighted by Crippen LogP contribution is -2.38. The van der Waals surface area contributed by atoms with Crippen LogP contribution in [0.1, 0.15) is 42.2 Å². The van der Waals surface area contributed by atoms with E-state index in [1.165, 1.54) is 29.2 Å². The molecule has 3 rings (SSSR count). The highest BCUT2D eigenvalue weighted by atomic mass is 16.5. The Bertz CT molecular complexity index is 1040. The van der Waals surface area contributed by atoms with E-state index < -0.39 is 24.3 Å². The Morgan fingerprint density at radius 1 is 0.897 bits per heavy atom. The van der Waals surface area contributed by atoms with Crippen molar-refractivity contribution in [2.24, 2.45) is 0 Å². The maximum Gasteiger partial charge on any atom is 0.339 e. The second-order valence-electron chi connectivity index (χ2n) is 6.57. The molecule has 0 saturated carbocycles. The van der Waals surface area contributed by atoms with Gasteiger partial charge in [-0.25, -0.2) is 4.79 Å². The number of carbonyl (C=O) groups excluding carboxylic acids is 5. The number of ketones is 2. The fraction of sp³-hybridized carbons (Fsp3) is 0.190. The molecule has 8 nitrogen and oxygen atoms in total. The van der Waals surface area contributed by atoms with Crippen LogP contribution >= 0.6 is 0 Å². The van der Waals surface area contributed by atoms with Crippen molar-refractivity contribution in [2.75, 3.05) is 27.2 Å². The van der Waals surface area contributed by atoms with Gasteiger partial charge in [0.2, 0.25) is 5.91 Å². The van der Waals surface area contributed by atoms with Gasteiger partial charge in [-0.3, -0.25) is 19.2 Å². The van der Waals surface area contributed by atoms with E-state index in [-0.39, 0.29) is 46.1 Å². The van der Waals surface area contributed by atoms with Crippen LogP contribution in [0.5, 0.6) is 0 Å². The van der Waals surface area contributed by atoms with Crippen molar-refractivity contribution in [1.82, 2.24) is 10.2 Å². The zero-order valence-corrected chi connectivity index (χ0v) is 15.9. The molecule has 1 aliphatic rings. The number of fused-ring (bicyclic) bond motifs is 2. The molecular formula is C21H18N2O6. The minimum absolute atomic E-state index is 0.0376. The number of rotatable bonds is 5. The van der Waals surface area contributed by atoms with Gasteiger partial charge in [-0.1, -0.05) is 36.4 Å². The predicted molar refractivity (Wildman–Crippen MR) is 102 cm³/mol. The number of ether oxygens (including phenoxy) is 1. The molecule has 2 amide bonds. The summed E-state index contributed by atoms with van der Waals surface area (Å²) < 4.78 is 4.98. The Balaban J connectivity index is 1.77. The van der Waals surface area contributed by atoms with Crippen LogP contribution in [0.15, 0.2) is 42.5 Å². The van der Waals surface area contributed by atoms with Gasteiger partial charge < -0.3 is 15.0 Å². The van der Waals surface area contributed by atoms with Crippen LogP contribution in [0.3, 0.4) is 0 Å². The summed E-state index contributed by atoms with van der Waals surface area (Å²) in [5.41, 5.74) is 0.478. The molecular weight excluding hydrogens is 376 g/mol. The van der Waals surface area contributed by atoms with Crippen LogP contribution in [-0.4, -0.2) is 61.5 Å².